The van der Waals surface area contributed by atoms with Gasteiger partial charge in [0.25, 0.3) is 0 Å². The Morgan fingerprint density at radius 2 is 1.74 bits per heavy atom. The van der Waals surface area contributed by atoms with Crippen LogP contribution in [-0.4, -0.2) is 31.6 Å². The van der Waals surface area contributed by atoms with Crippen molar-refractivity contribution < 1.29 is 23.8 Å². The smallest absolute Gasteiger partial charge is 0.331 e. The van der Waals surface area contributed by atoms with Gasteiger partial charge in [-0.15, -0.1) is 0 Å². The molecule has 0 aromatic heterocycles. The Bertz CT molecular complexity index is 917. The number of nitrogens with one attached hydrogen (secondary N) is 1. The van der Waals surface area contributed by atoms with Crippen molar-refractivity contribution in [3.63, 3.8) is 0 Å². The summed E-state index contributed by atoms with van der Waals surface area (Å²) in [5.41, 5.74) is 0.920. The van der Waals surface area contributed by atoms with Crippen LogP contribution >= 0.6 is 0 Å². The number of hydrogen-bond acceptors (Lipinski definition) is 5. The van der Waals surface area contributed by atoms with Crippen LogP contribution in [0.3, 0.4) is 0 Å². The SMILES string of the molecule is COC(=O)C1(NC(=O)C=Cc2ccc(OCc3ccccc3)c(OC)c2)CCCCC1. The zero-order valence-electron chi connectivity index (χ0n) is 18.1. The Labute approximate surface area is 183 Å². The maximum absolute atomic E-state index is 12.5. The lowest BCUT2D eigenvalue weighted by Gasteiger charge is -2.34. The van der Waals surface area contributed by atoms with Crippen molar-refractivity contribution in [3.8, 4) is 11.5 Å². The summed E-state index contributed by atoms with van der Waals surface area (Å²) >= 11 is 0. The van der Waals surface area contributed by atoms with Crippen molar-refractivity contribution in [1.82, 2.24) is 5.32 Å². The fraction of sp³-hybridized carbons (Fsp3) is 0.360. The van der Waals surface area contributed by atoms with Gasteiger partial charge in [-0.2, -0.15) is 0 Å². The predicted octanol–water partition coefficient (Wildman–Crippen LogP) is 4.28. The van der Waals surface area contributed by atoms with E-state index < -0.39 is 5.54 Å². The number of benzene rings is 2. The van der Waals surface area contributed by atoms with Gasteiger partial charge < -0.3 is 19.5 Å². The van der Waals surface area contributed by atoms with Crippen molar-refractivity contribution in [2.75, 3.05) is 14.2 Å². The van der Waals surface area contributed by atoms with E-state index in [2.05, 4.69) is 5.32 Å². The van der Waals surface area contributed by atoms with Crippen molar-refractivity contribution >= 4 is 18.0 Å². The lowest BCUT2D eigenvalue weighted by Crippen LogP contribution is -2.55. The van der Waals surface area contributed by atoms with Gasteiger partial charge in [0.1, 0.15) is 12.1 Å². The van der Waals surface area contributed by atoms with Crippen LogP contribution in [0.15, 0.2) is 54.6 Å². The Morgan fingerprint density at radius 1 is 1.00 bits per heavy atom. The molecule has 164 valence electrons. The predicted molar refractivity (Wildman–Crippen MR) is 119 cm³/mol. The molecule has 0 unspecified atom stereocenters. The normalized spacial score (nSPS) is 15.3. The lowest BCUT2D eigenvalue weighted by atomic mass is 9.81. The molecule has 1 N–H and O–H groups in total. The first-order valence-electron chi connectivity index (χ1n) is 10.5. The van der Waals surface area contributed by atoms with Gasteiger partial charge in [0.15, 0.2) is 11.5 Å². The minimum atomic E-state index is -0.929. The highest BCUT2D eigenvalue weighted by Crippen LogP contribution is 2.30. The second-order valence-corrected chi connectivity index (χ2v) is 7.64. The number of esters is 1. The number of amides is 1. The molecule has 31 heavy (non-hydrogen) atoms. The first kappa shape index (κ1) is 22.4. The summed E-state index contributed by atoms with van der Waals surface area (Å²) in [6.45, 7) is 0.435. The second-order valence-electron chi connectivity index (χ2n) is 7.64. The molecule has 1 saturated carbocycles. The van der Waals surface area contributed by atoms with Gasteiger partial charge in [-0.3, -0.25) is 4.79 Å². The average Bonchev–Trinajstić information content (AvgIpc) is 2.82. The Balaban J connectivity index is 1.65. The van der Waals surface area contributed by atoms with Gasteiger partial charge in [-0.1, -0.05) is 55.7 Å². The van der Waals surface area contributed by atoms with E-state index in [1.807, 2.05) is 42.5 Å². The number of carbonyl (C=O) groups is 2. The van der Waals surface area contributed by atoms with Gasteiger partial charge in [-0.05, 0) is 42.2 Å². The van der Waals surface area contributed by atoms with Gasteiger partial charge in [0.05, 0.1) is 14.2 Å². The maximum Gasteiger partial charge on any atom is 0.331 e. The molecule has 1 aliphatic rings. The molecule has 1 amide bonds. The third-order valence-corrected chi connectivity index (χ3v) is 5.50. The van der Waals surface area contributed by atoms with E-state index in [0.717, 1.165) is 30.4 Å². The minimum Gasteiger partial charge on any atom is -0.493 e. The largest absolute Gasteiger partial charge is 0.493 e. The third-order valence-electron chi connectivity index (χ3n) is 5.50. The van der Waals surface area contributed by atoms with Crippen LogP contribution in [0.25, 0.3) is 6.08 Å². The van der Waals surface area contributed by atoms with Crippen LogP contribution in [0.4, 0.5) is 0 Å². The quantitative estimate of drug-likeness (QED) is 0.507. The lowest BCUT2D eigenvalue weighted by molar-refractivity contribution is -0.152. The van der Waals surface area contributed by atoms with Crippen molar-refractivity contribution in [1.29, 1.82) is 0 Å². The number of carbonyl (C=O) groups excluding carboxylic acids is 2. The van der Waals surface area contributed by atoms with Crippen LogP contribution in [0, 0.1) is 0 Å². The average molecular weight is 424 g/mol. The zero-order valence-corrected chi connectivity index (χ0v) is 18.1. The second kappa shape index (κ2) is 10.7. The number of hydrogen-bond donors (Lipinski definition) is 1. The highest BCUT2D eigenvalue weighted by molar-refractivity contribution is 5.96. The molecule has 2 aromatic rings. The molecule has 2 aromatic carbocycles. The van der Waals surface area contributed by atoms with Gasteiger partial charge in [0.2, 0.25) is 5.91 Å². The first-order chi connectivity index (χ1) is 15.1. The van der Waals surface area contributed by atoms with Crippen molar-refractivity contribution in [3.05, 3.63) is 65.7 Å². The molecule has 1 fully saturated rings. The van der Waals surface area contributed by atoms with Crippen LogP contribution in [0.2, 0.25) is 0 Å². The topological polar surface area (TPSA) is 73.9 Å². The van der Waals surface area contributed by atoms with E-state index in [1.165, 1.54) is 13.2 Å². The standard InChI is InChI=1S/C25H29NO5/c1-29-22-17-19(11-13-21(22)31-18-20-9-5-3-6-10-20)12-14-23(27)26-25(24(28)30-2)15-7-4-8-16-25/h3,5-6,9-14,17H,4,7-8,15-16,18H2,1-2H3,(H,26,27). The minimum absolute atomic E-state index is 0.323. The Kier molecular flexibility index (Phi) is 7.70. The monoisotopic (exact) mass is 423 g/mol. The van der Waals surface area contributed by atoms with E-state index in [1.54, 1.807) is 19.3 Å². The fourth-order valence-corrected chi connectivity index (χ4v) is 3.82. The van der Waals surface area contributed by atoms with Crippen LogP contribution in [0.5, 0.6) is 11.5 Å². The van der Waals surface area contributed by atoms with E-state index in [9.17, 15) is 9.59 Å². The molecule has 0 atom stereocenters. The van der Waals surface area contributed by atoms with Gasteiger partial charge in [-0.25, -0.2) is 4.79 Å². The number of ether oxygens (including phenoxy) is 3. The molecule has 1 aliphatic carbocycles. The van der Waals surface area contributed by atoms with Crippen molar-refractivity contribution in [2.45, 2.75) is 44.2 Å². The number of rotatable bonds is 8. The first-order valence-corrected chi connectivity index (χ1v) is 10.5. The zero-order chi connectivity index (χ0) is 22.1. The van der Waals surface area contributed by atoms with E-state index >= 15 is 0 Å². The Morgan fingerprint density at radius 3 is 2.42 bits per heavy atom. The van der Waals surface area contributed by atoms with Crippen LogP contribution in [-0.2, 0) is 20.9 Å². The highest BCUT2D eigenvalue weighted by Gasteiger charge is 2.41. The molecule has 0 saturated heterocycles. The van der Waals surface area contributed by atoms with Crippen LogP contribution < -0.4 is 14.8 Å². The molecule has 6 heteroatoms. The molecular formula is C25H29NO5. The molecule has 0 heterocycles. The summed E-state index contributed by atoms with van der Waals surface area (Å²) in [6, 6.07) is 15.4. The van der Waals surface area contributed by atoms with E-state index in [-0.39, 0.29) is 11.9 Å². The van der Waals surface area contributed by atoms with Crippen LogP contribution in [0.1, 0.15) is 43.2 Å². The third kappa shape index (κ3) is 5.87. The van der Waals surface area contributed by atoms with E-state index in [4.69, 9.17) is 14.2 Å². The van der Waals surface area contributed by atoms with Gasteiger partial charge in [0, 0.05) is 6.08 Å². The molecule has 0 aliphatic heterocycles. The van der Waals surface area contributed by atoms with Gasteiger partial charge >= 0.3 is 5.97 Å². The molecule has 0 spiro atoms. The Hall–Kier alpha value is -3.28. The maximum atomic E-state index is 12.5. The fourth-order valence-electron chi connectivity index (χ4n) is 3.82. The molecule has 6 nitrogen and oxygen atoms in total. The molecule has 0 radical (unpaired) electrons. The molecule has 3 rings (SSSR count). The summed E-state index contributed by atoms with van der Waals surface area (Å²) in [6.07, 6.45) is 7.15. The summed E-state index contributed by atoms with van der Waals surface area (Å²) < 4.78 is 16.3. The summed E-state index contributed by atoms with van der Waals surface area (Å²) in [4.78, 5) is 24.8. The molecular weight excluding hydrogens is 394 g/mol. The van der Waals surface area contributed by atoms with Crippen molar-refractivity contribution in [2.24, 2.45) is 0 Å². The summed E-state index contributed by atoms with van der Waals surface area (Å²) in [7, 11) is 2.93. The molecule has 0 bridgehead atoms. The van der Waals surface area contributed by atoms with E-state index in [0.29, 0.717) is 30.9 Å². The summed E-state index contributed by atoms with van der Waals surface area (Å²) in [5, 5.41) is 2.88. The highest BCUT2D eigenvalue weighted by atomic mass is 16.5. The number of methoxy groups -OCH3 is 2. The summed E-state index contributed by atoms with van der Waals surface area (Å²) in [5.74, 6) is 0.503.